The predicted molar refractivity (Wildman–Crippen MR) is 93.2 cm³/mol. The average Bonchev–Trinajstić information content (AvgIpc) is 2.61. The van der Waals surface area contributed by atoms with Gasteiger partial charge in [0.25, 0.3) is 5.78 Å². The van der Waals surface area contributed by atoms with E-state index in [1.807, 2.05) is 0 Å². The van der Waals surface area contributed by atoms with Crippen molar-refractivity contribution in [1.29, 1.82) is 0 Å². The molecule has 27 heavy (non-hydrogen) atoms. The Hall–Kier alpha value is -3.20. The Bertz CT molecular complexity index is 886. The van der Waals surface area contributed by atoms with Gasteiger partial charge in [-0.25, -0.2) is 0 Å². The van der Waals surface area contributed by atoms with Crippen molar-refractivity contribution in [3.05, 3.63) is 70.8 Å². The first-order valence-electron chi connectivity index (χ1n) is 7.98. The summed E-state index contributed by atoms with van der Waals surface area (Å²) in [5, 5.41) is 0. The molecular weight excluding hydrogens is 357 g/mol. The van der Waals surface area contributed by atoms with E-state index in [4.69, 9.17) is 6.42 Å². The van der Waals surface area contributed by atoms with Gasteiger partial charge in [0, 0.05) is 24.0 Å². The zero-order valence-corrected chi connectivity index (χ0v) is 14.2. The van der Waals surface area contributed by atoms with E-state index < -0.39 is 17.5 Å². The molecule has 0 unspecified atom stereocenters. The molecule has 0 N–H and O–H groups in total. The van der Waals surface area contributed by atoms with Crippen LogP contribution in [0.25, 0.3) is 0 Å². The summed E-state index contributed by atoms with van der Waals surface area (Å²) in [4.78, 5) is 35.1. The number of carbonyl (C=O) groups is 3. The maximum absolute atomic E-state index is 12.4. The van der Waals surface area contributed by atoms with Crippen molar-refractivity contribution in [2.45, 2.75) is 25.4 Å². The van der Waals surface area contributed by atoms with Gasteiger partial charge in [0.15, 0.2) is 0 Å². The summed E-state index contributed by atoms with van der Waals surface area (Å²) in [5.74, 6) is -0.0930. The van der Waals surface area contributed by atoms with Gasteiger partial charge >= 0.3 is 6.18 Å². The topological polar surface area (TPSA) is 51.2 Å². The summed E-state index contributed by atoms with van der Waals surface area (Å²) in [5.41, 5.74) is 1.37. The van der Waals surface area contributed by atoms with Crippen LogP contribution >= 0.6 is 0 Å². The third-order valence-electron chi connectivity index (χ3n) is 3.79. The second-order valence-electron chi connectivity index (χ2n) is 5.97. The van der Waals surface area contributed by atoms with E-state index in [0.29, 0.717) is 11.1 Å². The lowest BCUT2D eigenvalue weighted by molar-refractivity contribution is -0.126. The Balaban J connectivity index is 1.90. The third-order valence-corrected chi connectivity index (χ3v) is 3.79. The Labute approximate surface area is 154 Å². The van der Waals surface area contributed by atoms with Crippen molar-refractivity contribution in [3.63, 3.8) is 0 Å². The van der Waals surface area contributed by atoms with Crippen LogP contribution < -0.4 is 0 Å². The Kier molecular flexibility index (Phi) is 6.30. The highest BCUT2D eigenvalue weighted by molar-refractivity contribution is 6.01. The first-order chi connectivity index (χ1) is 12.7. The van der Waals surface area contributed by atoms with Gasteiger partial charge in [-0.15, -0.1) is 6.42 Å². The fraction of sp³-hybridized carbons (Fsp3) is 0.190. The molecule has 2 aromatic rings. The molecule has 6 heteroatoms. The average molecular weight is 372 g/mol. The summed E-state index contributed by atoms with van der Waals surface area (Å²) < 4.78 is 37.1. The smallest absolute Gasteiger partial charge is 0.299 e. The fourth-order valence-electron chi connectivity index (χ4n) is 2.46. The number of Topliss-reactive ketones (excluding diaryl/α,β-unsaturated/α-hetero) is 3. The second-order valence-corrected chi connectivity index (χ2v) is 5.97. The molecule has 0 amide bonds. The van der Waals surface area contributed by atoms with Crippen LogP contribution in [0.2, 0.25) is 0 Å². The van der Waals surface area contributed by atoms with Gasteiger partial charge in [-0.3, -0.25) is 14.4 Å². The second kappa shape index (κ2) is 8.45. The lowest BCUT2D eigenvalue weighted by Gasteiger charge is -2.06. The van der Waals surface area contributed by atoms with Crippen molar-refractivity contribution in [1.82, 2.24) is 0 Å². The zero-order chi connectivity index (χ0) is 20.0. The molecule has 0 aliphatic heterocycles. The molecule has 0 aliphatic rings. The Morgan fingerprint density at radius 1 is 0.815 bits per heavy atom. The van der Waals surface area contributed by atoms with Crippen LogP contribution in [0.1, 0.15) is 33.5 Å². The Morgan fingerprint density at radius 2 is 1.26 bits per heavy atom. The van der Waals surface area contributed by atoms with Crippen LogP contribution in [-0.4, -0.2) is 23.5 Å². The van der Waals surface area contributed by atoms with Gasteiger partial charge < -0.3 is 0 Å². The quantitative estimate of drug-likeness (QED) is 0.423. The number of hydrogen-bond acceptors (Lipinski definition) is 3. The highest BCUT2D eigenvalue weighted by atomic mass is 19.4. The van der Waals surface area contributed by atoms with E-state index in [1.165, 1.54) is 12.1 Å². The van der Waals surface area contributed by atoms with Crippen molar-refractivity contribution in [2.75, 3.05) is 0 Å². The van der Waals surface area contributed by atoms with Crippen LogP contribution in [-0.2, 0) is 22.4 Å². The van der Waals surface area contributed by atoms with Crippen LogP contribution in [0, 0.1) is 12.3 Å². The maximum Gasteiger partial charge on any atom is 0.454 e. The molecule has 0 saturated carbocycles. The Morgan fingerprint density at radius 3 is 1.67 bits per heavy atom. The normalized spacial score (nSPS) is 10.9. The van der Waals surface area contributed by atoms with Gasteiger partial charge in [-0.05, 0) is 23.3 Å². The van der Waals surface area contributed by atoms with E-state index in [0.717, 1.165) is 17.7 Å². The van der Waals surface area contributed by atoms with E-state index in [-0.39, 0.29) is 30.8 Å². The third kappa shape index (κ3) is 5.93. The highest BCUT2D eigenvalue weighted by Gasteiger charge is 2.39. The maximum atomic E-state index is 12.4. The number of benzene rings is 2. The van der Waals surface area contributed by atoms with Gasteiger partial charge in [0.05, 0.1) is 6.42 Å². The molecule has 0 radical (unpaired) electrons. The SMILES string of the molecule is C#Cc1ccc(CC(=O)CC(=O)Cc2ccc(C(=O)C(F)(F)F)cc2)cc1. The monoisotopic (exact) mass is 372 g/mol. The molecule has 2 rings (SSSR count). The molecule has 0 spiro atoms. The molecule has 0 aliphatic carbocycles. The molecule has 0 saturated heterocycles. The van der Waals surface area contributed by atoms with Gasteiger partial charge in [0.2, 0.25) is 0 Å². The van der Waals surface area contributed by atoms with Crippen molar-refractivity contribution in [3.8, 4) is 12.3 Å². The van der Waals surface area contributed by atoms with Crippen LogP contribution in [0.5, 0.6) is 0 Å². The van der Waals surface area contributed by atoms with Crippen LogP contribution in [0.4, 0.5) is 13.2 Å². The molecule has 2 aromatic carbocycles. The van der Waals surface area contributed by atoms with Gasteiger partial charge in [-0.1, -0.05) is 42.3 Å². The highest BCUT2D eigenvalue weighted by Crippen LogP contribution is 2.21. The number of ketones is 3. The van der Waals surface area contributed by atoms with Crippen molar-refractivity contribution < 1.29 is 27.6 Å². The number of carbonyl (C=O) groups excluding carboxylic acids is 3. The minimum atomic E-state index is -4.94. The number of rotatable bonds is 7. The molecule has 3 nitrogen and oxygen atoms in total. The molecule has 0 fully saturated rings. The van der Waals surface area contributed by atoms with Crippen LogP contribution in [0.3, 0.4) is 0 Å². The molecular formula is C21H15F3O3. The number of halogens is 3. The summed E-state index contributed by atoms with van der Waals surface area (Å²) in [6.07, 6.45) is 0.0294. The van der Waals surface area contributed by atoms with E-state index in [2.05, 4.69) is 5.92 Å². The summed E-state index contributed by atoms with van der Waals surface area (Å²) in [7, 11) is 0. The standard InChI is InChI=1S/C21H15F3O3/c1-2-14-3-5-15(6-4-14)11-18(25)13-19(26)12-16-7-9-17(10-8-16)20(27)21(22,23)24/h1,3-10H,11-13H2. The first-order valence-corrected chi connectivity index (χ1v) is 7.98. The van der Waals surface area contributed by atoms with Gasteiger partial charge in [0.1, 0.15) is 11.6 Å². The number of alkyl halides is 3. The number of hydrogen-bond donors (Lipinski definition) is 0. The fourth-order valence-corrected chi connectivity index (χ4v) is 2.46. The molecule has 0 heterocycles. The largest absolute Gasteiger partial charge is 0.454 e. The lowest BCUT2D eigenvalue weighted by Crippen LogP contribution is -2.22. The van der Waals surface area contributed by atoms with Gasteiger partial charge in [-0.2, -0.15) is 13.2 Å². The summed E-state index contributed by atoms with van der Waals surface area (Å²) in [6, 6.07) is 11.4. The minimum Gasteiger partial charge on any atom is -0.299 e. The van der Waals surface area contributed by atoms with E-state index >= 15 is 0 Å². The number of terminal acetylenes is 1. The molecule has 0 aromatic heterocycles. The molecule has 0 bridgehead atoms. The molecule has 0 atom stereocenters. The lowest BCUT2D eigenvalue weighted by atomic mass is 9.99. The van der Waals surface area contributed by atoms with E-state index in [9.17, 15) is 27.6 Å². The first kappa shape index (κ1) is 20.1. The minimum absolute atomic E-state index is 0.0929. The van der Waals surface area contributed by atoms with Crippen molar-refractivity contribution in [2.24, 2.45) is 0 Å². The summed E-state index contributed by atoms with van der Waals surface area (Å²) >= 11 is 0. The zero-order valence-electron chi connectivity index (χ0n) is 14.2. The van der Waals surface area contributed by atoms with Crippen LogP contribution in [0.15, 0.2) is 48.5 Å². The summed E-state index contributed by atoms with van der Waals surface area (Å²) in [6.45, 7) is 0. The van der Waals surface area contributed by atoms with E-state index in [1.54, 1.807) is 24.3 Å². The predicted octanol–water partition coefficient (Wildman–Crippen LogP) is 3.73. The molecule has 138 valence electrons. The van der Waals surface area contributed by atoms with Crippen molar-refractivity contribution >= 4 is 17.3 Å².